The van der Waals surface area contributed by atoms with Gasteiger partial charge in [-0.3, -0.25) is 4.57 Å². The average molecular weight is 776 g/mol. The highest BCUT2D eigenvalue weighted by atomic mass is 16.5. The maximum atomic E-state index is 6.70. The zero-order valence-corrected chi connectivity index (χ0v) is 36.0. The number of anilines is 4. The molecule has 0 spiro atoms. The van der Waals surface area contributed by atoms with Crippen molar-refractivity contribution in [3.63, 3.8) is 0 Å². The van der Waals surface area contributed by atoms with Crippen molar-refractivity contribution in [3.05, 3.63) is 161 Å². The standard InChI is InChI=1S/C53H53N5O/c1-33-27-39(53(8,9)10)28-34(2)49(33)37-25-35(3)50(36(4)26-37)57-32-56(46-19-14-23-55-51(46)57)40-15-13-16-41(30-40)59-42-20-21-44-43-17-11-12-18-45(43)58(47(44)31-42)48-29-38(22-24-54-48)52(5,6)7/h11-31H,32H2,1-10H3. The molecule has 1 aliphatic heterocycles. The van der Waals surface area contributed by atoms with Crippen molar-refractivity contribution in [2.75, 3.05) is 16.5 Å². The van der Waals surface area contributed by atoms with E-state index in [1.807, 2.05) is 24.5 Å². The van der Waals surface area contributed by atoms with Crippen molar-refractivity contribution in [2.24, 2.45) is 0 Å². The Balaban J connectivity index is 1.04. The summed E-state index contributed by atoms with van der Waals surface area (Å²) in [5.74, 6) is 3.37. The largest absolute Gasteiger partial charge is 0.457 e. The van der Waals surface area contributed by atoms with Crippen molar-refractivity contribution in [1.82, 2.24) is 14.5 Å². The Bertz CT molecular complexity index is 2880. The van der Waals surface area contributed by atoms with Gasteiger partial charge in [0, 0.05) is 41.0 Å². The van der Waals surface area contributed by atoms with Crippen molar-refractivity contribution in [2.45, 2.75) is 80.1 Å². The van der Waals surface area contributed by atoms with Gasteiger partial charge in [0.1, 0.15) is 24.0 Å². The van der Waals surface area contributed by atoms with Crippen LogP contribution in [0.3, 0.4) is 0 Å². The molecule has 296 valence electrons. The highest BCUT2D eigenvalue weighted by Crippen LogP contribution is 2.47. The average Bonchev–Trinajstić information content (AvgIpc) is 3.73. The normalized spacial score (nSPS) is 13.1. The van der Waals surface area contributed by atoms with E-state index in [2.05, 4.69) is 187 Å². The number of hydrogen-bond donors (Lipinski definition) is 0. The summed E-state index contributed by atoms with van der Waals surface area (Å²) in [7, 11) is 0. The van der Waals surface area contributed by atoms with Crippen LogP contribution in [0, 0.1) is 27.7 Å². The smallest absolute Gasteiger partial charge is 0.158 e. The van der Waals surface area contributed by atoms with E-state index < -0.39 is 0 Å². The lowest BCUT2D eigenvalue weighted by atomic mass is 9.82. The molecule has 5 aromatic carbocycles. The molecule has 0 amide bonds. The zero-order chi connectivity index (χ0) is 41.4. The molecule has 0 N–H and O–H groups in total. The Morgan fingerprint density at radius 2 is 1.24 bits per heavy atom. The van der Waals surface area contributed by atoms with Crippen molar-refractivity contribution < 1.29 is 4.74 Å². The van der Waals surface area contributed by atoms with Gasteiger partial charge in [0.25, 0.3) is 0 Å². The summed E-state index contributed by atoms with van der Waals surface area (Å²) in [5, 5.41) is 2.35. The molecule has 4 heterocycles. The summed E-state index contributed by atoms with van der Waals surface area (Å²) in [6.45, 7) is 23.1. The predicted octanol–water partition coefficient (Wildman–Crippen LogP) is 14.1. The maximum Gasteiger partial charge on any atom is 0.158 e. The van der Waals surface area contributed by atoms with E-state index >= 15 is 0 Å². The number of aromatic nitrogens is 3. The Kier molecular flexibility index (Phi) is 9.15. The van der Waals surface area contributed by atoms with Crippen LogP contribution in [-0.4, -0.2) is 21.2 Å². The number of para-hydroxylation sites is 1. The summed E-state index contributed by atoms with van der Waals surface area (Å²) in [5.41, 5.74) is 15.8. The summed E-state index contributed by atoms with van der Waals surface area (Å²) in [6, 6.07) is 41.2. The Morgan fingerprint density at radius 3 is 1.97 bits per heavy atom. The van der Waals surface area contributed by atoms with Crippen LogP contribution in [0.4, 0.5) is 22.9 Å². The van der Waals surface area contributed by atoms with Crippen molar-refractivity contribution in [3.8, 4) is 28.4 Å². The second-order valence-electron chi connectivity index (χ2n) is 18.3. The van der Waals surface area contributed by atoms with Crippen molar-refractivity contribution >= 4 is 44.7 Å². The van der Waals surface area contributed by atoms with Gasteiger partial charge in [-0.1, -0.05) is 77.9 Å². The Hall–Kier alpha value is -6.40. The summed E-state index contributed by atoms with van der Waals surface area (Å²) in [6.07, 6.45) is 3.81. The molecule has 0 bridgehead atoms. The first-order valence-electron chi connectivity index (χ1n) is 20.7. The lowest BCUT2D eigenvalue weighted by Crippen LogP contribution is -2.25. The van der Waals surface area contributed by atoms with E-state index in [-0.39, 0.29) is 10.8 Å². The number of hydrogen-bond acceptors (Lipinski definition) is 5. The molecule has 6 heteroatoms. The number of benzene rings is 5. The lowest BCUT2D eigenvalue weighted by Gasteiger charge is -2.26. The summed E-state index contributed by atoms with van der Waals surface area (Å²) >= 11 is 0. The van der Waals surface area contributed by atoms with Crippen LogP contribution in [0.25, 0.3) is 38.8 Å². The quantitative estimate of drug-likeness (QED) is 0.168. The van der Waals surface area contributed by atoms with Gasteiger partial charge in [-0.05, 0) is 150 Å². The molecule has 0 unspecified atom stereocenters. The molecule has 6 nitrogen and oxygen atoms in total. The number of nitrogens with zero attached hydrogens (tertiary/aromatic N) is 5. The Labute approximate surface area is 348 Å². The third kappa shape index (κ3) is 6.80. The number of rotatable bonds is 6. The maximum absolute atomic E-state index is 6.70. The van der Waals surface area contributed by atoms with Crippen LogP contribution < -0.4 is 14.5 Å². The predicted molar refractivity (Wildman–Crippen MR) is 247 cm³/mol. The van der Waals surface area contributed by atoms with E-state index in [4.69, 9.17) is 14.7 Å². The molecular weight excluding hydrogens is 723 g/mol. The molecule has 0 atom stereocenters. The molecule has 0 radical (unpaired) electrons. The van der Waals surface area contributed by atoms with Gasteiger partial charge in [-0.2, -0.15) is 0 Å². The number of pyridine rings is 2. The van der Waals surface area contributed by atoms with Gasteiger partial charge >= 0.3 is 0 Å². The third-order valence-corrected chi connectivity index (χ3v) is 11.9. The van der Waals surface area contributed by atoms with Gasteiger partial charge in [0.05, 0.1) is 22.4 Å². The monoisotopic (exact) mass is 775 g/mol. The summed E-state index contributed by atoms with van der Waals surface area (Å²) in [4.78, 5) is 14.5. The first-order chi connectivity index (χ1) is 28.2. The fourth-order valence-corrected chi connectivity index (χ4v) is 8.99. The topological polar surface area (TPSA) is 46.4 Å². The highest BCUT2D eigenvalue weighted by molar-refractivity contribution is 6.09. The minimum absolute atomic E-state index is 0.00124. The molecule has 0 fully saturated rings. The van der Waals surface area contributed by atoms with Crippen LogP contribution in [0.15, 0.2) is 128 Å². The Morgan fingerprint density at radius 1 is 0.542 bits per heavy atom. The van der Waals surface area contributed by atoms with Gasteiger partial charge in [0.2, 0.25) is 0 Å². The molecule has 59 heavy (non-hydrogen) atoms. The first-order valence-corrected chi connectivity index (χ1v) is 20.7. The van der Waals surface area contributed by atoms with Gasteiger partial charge < -0.3 is 14.5 Å². The number of aryl methyl sites for hydroxylation is 4. The van der Waals surface area contributed by atoms with E-state index in [9.17, 15) is 0 Å². The molecule has 0 aliphatic carbocycles. The molecule has 8 aromatic rings. The zero-order valence-electron chi connectivity index (χ0n) is 36.0. The summed E-state index contributed by atoms with van der Waals surface area (Å²) < 4.78 is 8.96. The lowest BCUT2D eigenvalue weighted by molar-refractivity contribution is 0.483. The minimum Gasteiger partial charge on any atom is -0.457 e. The second kappa shape index (κ2) is 14.2. The fourth-order valence-electron chi connectivity index (χ4n) is 8.99. The molecule has 0 saturated carbocycles. The van der Waals surface area contributed by atoms with E-state index in [0.29, 0.717) is 6.67 Å². The van der Waals surface area contributed by atoms with E-state index in [0.717, 1.165) is 50.9 Å². The van der Waals surface area contributed by atoms with Gasteiger partial charge in [-0.25, -0.2) is 9.97 Å². The molecule has 1 aliphatic rings. The molecular formula is C53H53N5O. The van der Waals surface area contributed by atoms with E-state index in [1.165, 1.54) is 55.6 Å². The van der Waals surface area contributed by atoms with Crippen LogP contribution in [0.5, 0.6) is 11.5 Å². The minimum atomic E-state index is -0.00124. The molecule has 0 saturated heterocycles. The molecule has 9 rings (SSSR count). The van der Waals surface area contributed by atoms with Crippen molar-refractivity contribution in [1.29, 1.82) is 0 Å². The second-order valence-corrected chi connectivity index (χ2v) is 18.3. The highest BCUT2D eigenvalue weighted by Gasteiger charge is 2.31. The van der Waals surface area contributed by atoms with Crippen LogP contribution in [0.1, 0.15) is 74.9 Å². The molecule has 3 aromatic heterocycles. The van der Waals surface area contributed by atoms with Crippen LogP contribution in [-0.2, 0) is 10.8 Å². The fraction of sp³-hybridized carbons (Fsp3) is 0.245. The van der Waals surface area contributed by atoms with Crippen LogP contribution in [0.2, 0.25) is 0 Å². The van der Waals surface area contributed by atoms with Gasteiger partial charge in [-0.15, -0.1) is 0 Å². The van der Waals surface area contributed by atoms with E-state index in [1.54, 1.807) is 0 Å². The number of fused-ring (bicyclic) bond motifs is 4. The first kappa shape index (κ1) is 38.1. The van der Waals surface area contributed by atoms with Gasteiger partial charge in [0.15, 0.2) is 5.82 Å². The van der Waals surface area contributed by atoms with Crippen LogP contribution >= 0.6 is 0 Å². The third-order valence-electron chi connectivity index (χ3n) is 11.9. The number of ether oxygens (including phenoxy) is 1. The SMILES string of the molecule is Cc1cc(C(C)(C)C)cc(C)c1-c1cc(C)c(N2CN(c3cccc(Oc4ccc5c6ccccc6n(-c6cc(C(C)(C)C)ccn6)c5c4)c3)c3cccnc32)c(C)c1.